The van der Waals surface area contributed by atoms with Gasteiger partial charge in [0.15, 0.2) is 0 Å². The van der Waals surface area contributed by atoms with E-state index in [4.69, 9.17) is 10.2 Å². The first-order valence-electron chi connectivity index (χ1n) is 4.88. The van der Waals surface area contributed by atoms with Gasteiger partial charge in [-0.15, -0.1) is 0 Å². The maximum absolute atomic E-state index is 9.96. The Morgan fingerprint density at radius 2 is 1.56 bits per heavy atom. The molecule has 2 N–H and O–H groups in total. The molecule has 0 radical (unpaired) electrons. The molecule has 0 aromatic rings. The summed E-state index contributed by atoms with van der Waals surface area (Å²) in [7, 11) is 0. The number of hydrogen-bond donors (Lipinski definition) is 2. The fourth-order valence-corrected chi connectivity index (χ4v) is 0.445. The third kappa shape index (κ3) is 14.9. The molecule has 0 amide bonds. The smallest absolute Gasteiger partial charge is 0.330 e. The van der Waals surface area contributed by atoms with E-state index < -0.39 is 11.9 Å². The second-order valence-electron chi connectivity index (χ2n) is 4.31. The standard InChI is InChI=1S/C7H12O2.C5H8O2/c1-7(2,3)5-4-6(8)9;1-3-4(2)5(6)7/h4-5H,1-3H3,(H,8,9);3H,1-2H3,(H,6,7). The summed E-state index contributed by atoms with van der Waals surface area (Å²) in [5.41, 5.74) is 0.360. The second kappa shape index (κ2) is 7.68. The molecule has 0 aliphatic carbocycles. The van der Waals surface area contributed by atoms with E-state index in [1.807, 2.05) is 20.8 Å². The van der Waals surface area contributed by atoms with Crippen molar-refractivity contribution < 1.29 is 19.8 Å². The van der Waals surface area contributed by atoms with Crippen molar-refractivity contribution in [3.63, 3.8) is 0 Å². The van der Waals surface area contributed by atoms with Crippen LogP contribution in [0.4, 0.5) is 0 Å². The van der Waals surface area contributed by atoms with Crippen molar-refractivity contribution in [2.24, 2.45) is 5.41 Å². The van der Waals surface area contributed by atoms with E-state index in [-0.39, 0.29) is 5.41 Å². The minimum absolute atomic E-state index is 0.0294. The first-order chi connectivity index (χ1) is 7.10. The van der Waals surface area contributed by atoms with Gasteiger partial charge in [-0.1, -0.05) is 32.9 Å². The monoisotopic (exact) mass is 228 g/mol. The number of rotatable bonds is 2. The lowest BCUT2D eigenvalue weighted by Gasteiger charge is -2.09. The zero-order chi connectivity index (χ0) is 13.4. The minimum atomic E-state index is -0.884. The van der Waals surface area contributed by atoms with Gasteiger partial charge in [-0.3, -0.25) is 0 Å². The van der Waals surface area contributed by atoms with Gasteiger partial charge in [-0.25, -0.2) is 9.59 Å². The van der Waals surface area contributed by atoms with Gasteiger partial charge in [-0.2, -0.15) is 0 Å². The van der Waals surface area contributed by atoms with Crippen LogP contribution in [0.5, 0.6) is 0 Å². The van der Waals surface area contributed by atoms with Crippen LogP contribution in [-0.4, -0.2) is 22.2 Å². The van der Waals surface area contributed by atoms with Crippen molar-refractivity contribution >= 4 is 11.9 Å². The molecule has 0 atom stereocenters. The van der Waals surface area contributed by atoms with E-state index in [2.05, 4.69) is 0 Å². The molecule has 16 heavy (non-hydrogen) atoms. The molecule has 0 unspecified atom stereocenters. The van der Waals surface area contributed by atoms with Gasteiger partial charge in [0.1, 0.15) is 0 Å². The van der Waals surface area contributed by atoms with Gasteiger partial charge < -0.3 is 10.2 Å². The number of allylic oxidation sites excluding steroid dienone is 2. The summed E-state index contributed by atoms with van der Waals surface area (Å²) in [5, 5.41) is 16.3. The maximum Gasteiger partial charge on any atom is 0.330 e. The Balaban J connectivity index is 0. The Morgan fingerprint density at radius 1 is 1.12 bits per heavy atom. The van der Waals surface area contributed by atoms with Crippen LogP contribution < -0.4 is 0 Å². The average molecular weight is 228 g/mol. The van der Waals surface area contributed by atoms with Crippen molar-refractivity contribution in [3.8, 4) is 0 Å². The molecule has 0 bridgehead atoms. The van der Waals surface area contributed by atoms with Crippen LogP contribution in [0.3, 0.4) is 0 Å². The highest BCUT2D eigenvalue weighted by Crippen LogP contribution is 2.13. The Bertz CT molecular complexity index is 293. The molecule has 0 heterocycles. The van der Waals surface area contributed by atoms with Crippen LogP contribution in [0.25, 0.3) is 0 Å². The van der Waals surface area contributed by atoms with Gasteiger partial charge in [-0.05, 0) is 19.3 Å². The third-order valence-electron chi connectivity index (χ3n) is 1.50. The van der Waals surface area contributed by atoms with Gasteiger partial charge >= 0.3 is 11.9 Å². The Hall–Kier alpha value is -1.58. The molecule has 0 saturated heterocycles. The van der Waals surface area contributed by atoms with Crippen molar-refractivity contribution in [1.29, 1.82) is 0 Å². The maximum atomic E-state index is 9.96. The molecule has 0 aliphatic rings. The van der Waals surface area contributed by atoms with Crippen LogP contribution in [0.15, 0.2) is 23.8 Å². The van der Waals surface area contributed by atoms with Crippen LogP contribution in [0.1, 0.15) is 34.6 Å². The third-order valence-corrected chi connectivity index (χ3v) is 1.50. The molecule has 0 aromatic carbocycles. The molecule has 0 rings (SSSR count). The molecule has 0 saturated carbocycles. The summed E-state index contributed by atoms with van der Waals surface area (Å²) in [6, 6.07) is 0. The summed E-state index contributed by atoms with van der Waals surface area (Å²) in [5.74, 6) is -1.73. The molecule has 92 valence electrons. The van der Waals surface area contributed by atoms with Crippen LogP contribution in [-0.2, 0) is 9.59 Å². The van der Waals surface area contributed by atoms with Crippen molar-refractivity contribution in [2.45, 2.75) is 34.6 Å². The van der Waals surface area contributed by atoms with Crippen LogP contribution >= 0.6 is 0 Å². The highest BCUT2D eigenvalue weighted by Gasteiger charge is 2.03. The van der Waals surface area contributed by atoms with Gasteiger partial charge in [0.2, 0.25) is 0 Å². The van der Waals surface area contributed by atoms with E-state index in [9.17, 15) is 9.59 Å². The van der Waals surface area contributed by atoms with Crippen molar-refractivity contribution in [2.75, 3.05) is 0 Å². The number of aliphatic carboxylic acids is 2. The molecular formula is C12H20O4. The van der Waals surface area contributed by atoms with Gasteiger partial charge in [0.05, 0.1) is 0 Å². The summed E-state index contributed by atoms with van der Waals surface area (Å²) in [6.45, 7) is 9.11. The largest absolute Gasteiger partial charge is 0.478 e. The SMILES string of the molecule is CC(C)(C)C=CC(=O)O.CC=C(C)C(=O)O. The molecule has 0 fully saturated rings. The molecule has 0 aromatic heterocycles. The topological polar surface area (TPSA) is 74.6 Å². The summed E-state index contributed by atoms with van der Waals surface area (Å²) in [6.07, 6.45) is 4.39. The number of carboxylic acids is 2. The Labute approximate surface area is 96.3 Å². The summed E-state index contributed by atoms with van der Waals surface area (Å²) < 4.78 is 0. The zero-order valence-corrected chi connectivity index (χ0v) is 10.4. The summed E-state index contributed by atoms with van der Waals surface area (Å²) >= 11 is 0. The normalized spacial score (nSPS) is 11.9. The van der Waals surface area contributed by atoms with Crippen molar-refractivity contribution in [3.05, 3.63) is 23.8 Å². The lowest BCUT2D eigenvalue weighted by Crippen LogP contribution is -2.00. The second-order valence-corrected chi connectivity index (χ2v) is 4.31. The van der Waals surface area contributed by atoms with E-state index >= 15 is 0 Å². The predicted molar refractivity (Wildman–Crippen MR) is 63.3 cm³/mol. The van der Waals surface area contributed by atoms with E-state index in [1.54, 1.807) is 26.0 Å². The highest BCUT2D eigenvalue weighted by molar-refractivity contribution is 5.85. The minimum Gasteiger partial charge on any atom is -0.478 e. The number of carboxylic acid groups (broad SMARTS) is 2. The summed E-state index contributed by atoms with van der Waals surface area (Å²) in [4.78, 5) is 19.8. The zero-order valence-electron chi connectivity index (χ0n) is 10.4. The first kappa shape index (κ1) is 16.8. The molecule has 0 spiro atoms. The molecule has 4 heteroatoms. The molecular weight excluding hydrogens is 208 g/mol. The van der Waals surface area contributed by atoms with Gasteiger partial charge in [0, 0.05) is 11.6 Å². The average Bonchev–Trinajstić information content (AvgIpc) is 2.13. The van der Waals surface area contributed by atoms with Crippen molar-refractivity contribution in [1.82, 2.24) is 0 Å². The fraction of sp³-hybridized carbons (Fsp3) is 0.500. The predicted octanol–water partition coefficient (Wildman–Crippen LogP) is 2.71. The fourth-order valence-electron chi connectivity index (χ4n) is 0.445. The Kier molecular flexibility index (Phi) is 8.08. The van der Waals surface area contributed by atoms with Gasteiger partial charge in [0.25, 0.3) is 0 Å². The quantitative estimate of drug-likeness (QED) is 0.712. The van der Waals surface area contributed by atoms with Crippen LogP contribution in [0.2, 0.25) is 0 Å². The highest BCUT2D eigenvalue weighted by atomic mass is 16.4. The lowest BCUT2D eigenvalue weighted by molar-refractivity contribution is -0.133. The molecule has 0 aliphatic heterocycles. The number of hydrogen-bond acceptors (Lipinski definition) is 2. The van der Waals surface area contributed by atoms with Crippen LogP contribution in [0, 0.1) is 5.41 Å². The first-order valence-corrected chi connectivity index (χ1v) is 4.88. The van der Waals surface area contributed by atoms with E-state index in [0.29, 0.717) is 5.57 Å². The van der Waals surface area contributed by atoms with E-state index in [0.717, 1.165) is 0 Å². The lowest BCUT2D eigenvalue weighted by atomic mass is 9.96. The molecule has 4 nitrogen and oxygen atoms in total. The number of carbonyl (C=O) groups is 2. The van der Waals surface area contributed by atoms with E-state index in [1.165, 1.54) is 6.08 Å². The Morgan fingerprint density at radius 3 is 1.62 bits per heavy atom.